The van der Waals surface area contributed by atoms with Gasteiger partial charge in [0.2, 0.25) is 11.8 Å². The number of likely N-dealkylation sites (N-methyl/N-ethyl adjacent to an activating group) is 1. The third kappa shape index (κ3) is 3.36. The van der Waals surface area contributed by atoms with Gasteiger partial charge in [-0.1, -0.05) is 12.1 Å². The highest BCUT2D eigenvalue weighted by molar-refractivity contribution is 6.07. The van der Waals surface area contributed by atoms with Gasteiger partial charge in [0.25, 0.3) is 0 Å². The molecular weight excluding hydrogens is 296 g/mol. The summed E-state index contributed by atoms with van der Waals surface area (Å²) in [5.41, 5.74) is 2.23. The first-order valence-electron chi connectivity index (χ1n) is 7.52. The molecule has 2 rings (SSSR count). The molecule has 2 amide bonds. The normalized spacial score (nSPS) is 15.3. The number of rotatable bonds is 5. The maximum Gasteiger partial charge on any atom is 0.306 e. The largest absolute Gasteiger partial charge is 0.469 e. The van der Waals surface area contributed by atoms with Crippen LogP contribution < -0.4 is 10.2 Å². The summed E-state index contributed by atoms with van der Waals surface area (Å²) >= 11 is 0. The predicted molar refractivity (Wildman–Crippen MR) is 86.0 cm³/mol. The van der Waals surface area contributed by atoms with Gasteiger partial charge >= 0.3 is 5.97 Å². The van der Waals surface area contributed by atoms with E-state index in [0.717, 1.165) is 16.8 Å². The first-order chi connectivity index (χ1) is 10.8. The van der Waals surface area contributed by atoms with Gasteiger partial charge in [-0.25, -0.2) is 0 Å². The fourth-order valence-corrected chi connectivity index (χ4v) is 2.74. The van der Waals surface area contributed by atoms with Crippen LogP contribution in [0.3, 0.4) is 0 Å². The lowest BCUT2D eigenvalue weighted by atomic mass is 9.85. The van der Waals surface area contributed by atoms with Crippen molar-refractivity contribution in [3.63, 3.8) is 0 Å². The first-order valence-corrected chi connectivity index (χ1v) is 7.52. The Morgan fingerprint density at radius 1 is 1.26 bits per heavy atom. The van der Waals surface area contributed by atoms with Crippen molar-refractivity contribution in [1.29, 1.82) is 0 Å². The van der Waals surface area contributed by atoms with Gasteiger partial charge in [-0.05, 0) is 31.0 Å². The molecule has 0 spiro atoms. The minimum absolute atomic E-state index is 0.0618. The second-order valence-electron chi connectivity index (χ2n) is 6.19. The van der Waals surface area contributed by atoms with Crippen molar-refractivity contribution in [1.82, 2.24) is 5.32 Å². The fraction of sp³-hybridized carbons (Fsp3) is 0.471. The summed E-state index contributed by atoms with van der Waals surface area (Å²) in [6.45, 7) is 4.16. The molecule has 0 fully saturated rings. The minimum Gasteiger partial charge on any atom is -0.469 e. The molecule has 0 atom stereocenters. The van der Waals surface area contributed by atoms with Crippen LogP contribution >= 0.6 is 0 Å². The average Bonchev–Trinajstić information content (AvgIpc) is 2.71. The number of hydrogen-bond acceptors (Lipinski definition) is 4. The van der Waals surface area contributed by atoms with Crippen LogP contribution in [-0.4, -0.2) is 31.9 Å². The Labute approximate surface area is 135 Å². The van der Waals surface area contributed by atoms with Gasteiger partial charge in [0.05, 0.1) is 18.9 Å². The van der Waals surface area contributed by atoms with Crippen molar-refractivity contribution in [2.24, 2.45) is 0 Å². The Balaban J connectivity index is 2.01. The van der Waals surface area contributed by atoms with Gasteiger partial charge in [-0.15, -0.1) is 0 Å². The number of nitrogens with one attached hydrogen (secondary N) is 1. The third-order valence-electron chi connectivity index (χ3n) is 4.21. The Bertz CT molecular complexity index is 652. The highest BCUT2D eigenvalue weighted by atomic mass is 16.5. The van der Waals surface area contributed by atoms with Crippen molar-refractivity contribution in [3.05, 3.63) is 29.3 Å². The second-order valence-corrected chi connectivity index (χ2v) is 6.19. The number of carbonyl (C=O) groups excluding carboxylic acids is 3. The van der Waals surface area contributed by atoms with Crippen molar-refractivity contribution >= 4 is 23.5 Å². The van der Waals surface area contributed by atoms with Gasteiger partial charge in [0.1, 0.15) is 0 Å². The van der Waals surface area contributed by atoms with E-state index in [-0.39, 0.29) is 24.7 Å². The molecule has 6 nitrogen and oxygen atoms in total. The van der Waals surface area contributed by atoms with Gasteiger partial charge in [0, 0.05) is 25.7 Å². The average molecular weight is 318 g/mol. The van der Waals surface area contributed by atoms with Gasteiger partial charge < -0.3 is 15.0 Å². The highest BCUT2D eigenvalue weighted by Crippen LogP contribution is 2.40. The summed E-state index contributed by atoms with van der Waals surface area (Å²) in [4.78, 5) is 36.6. The molecular formula is C17H22N2O4. The topological polar surface area (TPSA) is 75.7 Å². The zero-order valence-corrected chi connectivity index (χ0v) is 13.9. The summed E-state index contributed by atoms with van der Waals surface area (Å²) in [6, 6.07) is 5.75. The lowest BCUT2D eigenvalue weighted by Crippen LogP contribution is -2.33. The van der Waals surface area contributed by atoms with E-state index in [0.29, 0.717) is 6.54 Å². The molecule has 1 heterocycles. The number of anilines is 1. The molecule has 1 aromatic rings. The second kappa shape index (κ2) is 6.40. The molecule has 0 aliphatic carbocycles. The number of hydrogen-bond donors (Lipinski definition) is 1. The summed E-state index contributed by atoms with van der Waals surface area (Å²) in [7, 11) is 3.06. The zero-order chi connectivity index (χ0) is 17.2. The number of carbonyl (C=O) groups is 3. The summed E-state index contributed by atoms with van der Waals surface area (Å²) < 4.78 is 4.50. The monoisotopic (exact) mass is 318 g/mol. The molecule has 124 valence electrons. The zero-order valence-electron chi connectivity index (χ0n) is 13.9. The first kappa shape index (κ1) is 17.0. The van der Waals surface area contributed by atoms with Crippen molar-refractivity contribution in [2.45, 2.75) is 38.6 Å². The fourth-order valence-electron chi connectivity index (χ4n) is 2.74. The smallest absolute Gasteiger partial charge is 0.306 e. The molecule has 1 aliphatic heterocycles. The van der Waals surface area contributed by atoms with Crippen molar-refractivity contribution in [3.8, 4) is 0 Å². The van der Waals surface area contributed by atoms with E-state index < -0.39 is 11.4 Å². The number of nitrogens with zero attached hydrogens (tertiary/aromatic N) is 1. The third-order valence-corrected chi connectivity index (χ3v) is 4.21. The lowest BCUT2D eigenvalue weighted by Gasteiger charge is -2.16. The molecule has 23 heavy (non-hydrogen) atoms. The molecule has 1 aliphatic rings. The summed E-state index contributed by atoms with van der Waals surface area (Å²) in [6.07, 6.45) is 0.170. The maximum atomic E-state index is 12.3. The van der Waals surface area contributed by atoms with Gasteiger partial charge in [-0.3, -0.25) is 14.4 Å². The van der Waals surface area contributed by atoms with E-state index in [1.54, 1.807) is 11.9 Å². The number of methoxy groups -OCH3 is 1. The maximum absolute atomic E-state index is 12.3. The molecule has 0 aromatic heterocycles. The van der Waals surface area contributed by atoms with E-state index in [9.17, 15) is 14.4 Å². The van der Waals surface area contributed by atoms with E-state index in [1.165, 1.54) is 7.11 Å². The van der Waals surface area contributed by atoms with E-state index in [4.69, 9.17) is 0 Å². The van der Waals surface area contributed by atoms with Crippen LogP contribution in [0.1, 0.15) is 37.8 Å². The molecule has 0 bridgehead atoms. The molecule has 1 aromatic carbocycles. The van der Waals surface area contributed by atoms with Crippen LogP contribution in [-0.2, 0) is 31.1 Å². The molecule has 0 saturated carbocycles. The van der Waals surface area contributed by atoms with Crippen molar-refractivity contribution < 1.29 is 19.1 Å². The van der Waals surface area contributed by atoms with Crippen LogP contribution in [0, 0.1) is 0 Å². The number of amides is 2. The Morgan fingerprint density at radius 2 is 1.96 bits per heavy atom. The molecule has 1 N–H and O–H groups in total. The van der Waals surface area contributed by atoms with Crippen LogP contribution in [0.4, 0.5) is 5.69 Å². The van der Waals surface area contributed by atoms with E-state index in [2.05, 4.69) is 10.1 Å². The molecule has 6 heteroatoms. The Morgan fingerprint density at radius 3 is 2.61 bits per heavy atom. The van der Waals surface area contributed by atoms with E-state index in [1.807, 2.05) is 32.0 Å². The number of esters is 1. The highest BCUT2D eigenvalue weighted by Gasteiger charge is 2.42. The Hall–Kier alpha value is -2.37. The van der Waals surface area contributed by atoms with Gasteiger partial charge in [0.15, 0.2) is 0 Å². The Kier molecular flexibility index (Phi) is 4.73. The lowest BCUT2D eigenvalue weighted by molar-refractivity contribution is -0.142. The molecule has 0 radical (unpaired) electrons. The number of ether oxygens (including phenoxy) is 1. The number of fused-ring (bicyclic) bond motifs is 1. The number of benzene rings is 1. The molecule has 0 unspecified atom stereocenters. The van der Waals surface area contributed by atoms with Crippen LogP contribution in [0.25, 0.3) is 0 Å². The van der Waals surface area contributed by atoms with E-state index >= 15 is 0 Å². The quantitative estimate of drug-likeness (QED) is 0.835. The molecule has 0 saturated heterocycles. The van der Waals surface area contributed by atoms with Gasteiger partial charge in [-0.2, -0.15) is 0 Å². The summed E-state index contributed by atoms with van der Waals surface area (Å²) in [5, 5.41) is 2.77. The predicted octanol–water partition coefficient (Wildman–Crippen LogP) is 1.51. The van der Waals surface area contributed by atoms with Crippen LogP contribution in [0.5, 0.6) is 0 Å². The van der Waals surface area contributed by atoms with Crippen molar-refractivity contribution in [2.75, 3.05) is 19.1 Å². The minimum atomic E-state index is -0.561. The summed E-state index contributed by atoms with van der Waals surface area (Å²) in [5.74, 6) is -0.545. The SMILES string of the molecule is COC(=O)CCC(=O)NCc1ccc2c(c1)C(C)(C)C(=O)N2C. The van der Waals surface area contributed by atoms with Crippen LogP contribution in [0.15, 0.2) is 18.2 Å². The van der Waals surface area contributed by atoms with Crippen LogP contribution in [0.2, 0.25) is 0 Å². The standard InChI is InChI=1S/C17H22N2O4/c1-17(2)12-9-11(5-6-13(12)19(3)16(17)22)10-18-14(20)7-8-15(21)23-4/h5-6,9H,7-8,10H2,1-4H3,(H,18,20).